The number of benzene rings is 2. The Hall–Kier alpha value is -3.26. The van der Waals surface area contributed by atoms with E-state index in [1.807, 2.05) is 25.1 Å². The van der Waals surface area contributed by atoms with Gasteiger partial charge in [-0.25, -0.2) is 0 Å². The first kappa shape index (κ1) is 16.6. The molecule has 0 aromatic heterocycles. The summed E-state index contributed by atoms with van der Waals surface area (Å²) in [6.45, 7) is 2.09. The Balaban J connectivity index is 1.91. The molecule has 0 fully saturated rings. The third kappa shape index (κ3) is 3.33. The number of rotatable bonds is 4. The van der Waals surface area contributed by atoms with Crippen molar-refractivity contribution in [1.82, 2.24) is 0 Å². The molecule has 3 rings (SSSR count). The van der Waals surface area contributed by atoms with E-state index in [4.69, 9.17) is 19.5 Å². The van der Waals surface area contributed by atoms with E-state index in [9.17, 15) is 4.79 Å². The topological polar surface area (TPSA) is 68.6 Å². The quantitative estimate of drug-likeness (QED) is 0.799. The van der Waals surface area contributed by atoms with Gasteiger partial charge in [0.2, 0.25) is 0 Å². The zero-order valence-electron chi connectivity index (χ0n) is 14.0. The van der Waals surface area contributed by atoms with Crippen molar-refractivity contribution in [3.63, 3.8) is 0 Å². The molecular formula is C20H17NO4. The lowest BCUT2D eigenvalue weighted by molar-refractivity contribution is 0.100. The number of para-hydroxylation sites is 1. The van der Waals surface area contributed by atoms with E-state index in [0.717, 1.165) is 11.1 Å². The largest absolute Gasteiger partial charge is 0.493 e. The van der Waals surface area contributed by atoms with Gasteiger partial charge in [0.05, 0.1) is 12.7 Å². The summed E-state index contributed by atoms with van der Waals surface area (Å²) in [7, 11) is 1.53. The molecule has 1 heterocycles. The molecule has 0 aliphatic carbocycles. The highest BCUT2D eigenvalue weighted by Gasteiger charge is 2.24. The lowest BCUT2D eigenvalue weighted by atomic mass is 9.96. The van der Waals surface area contributed by atoms with Crippen LogP contribution in [0.15, 0.2) is 42.0 Å². The van der Waals surface area contributed by atoms with Gasteiger partial charge in [-0.2, -0.15) is 5.26 Å². The summed E-state index contributed by atoms with van der Waals surface area (Å²) in [5.41, 5.74) is 2.90. The standard InChI is InChI=1S/C20H17NO4/c1-13-4-3-5-16-19(22)15(12-25-20(13)16)10-14-6-7-17(24-9-8-21)18(11-14)23-2/h3-7,10-11H,9,12H2,1-2H3. The summed E-state index contributed by atoms with van der Waals surface area (Å²) in [4.78, 5) is 12.7. The minimum atomic E-state index is -0.0563. The van der Waals surface area contributed by atoms with Crippen LogP contribution in [0.4, 0.5) is 0 Å². The Morgan fingerprint density at radius 2 is 2.12 bits per heavy atom. The van der Waals surface area contributed by atoms with Gasteiger partial charge in [-0.1, -0.05) is 18.2 Å². The number of ether oxygens (including phenoxy) is 3. The average Bonchev–Trinajstić information content (AvgIpc) is 2.63. The van der Waals surface area contributed by atoms with Gasteiger partial charge >= 0.3 is 0 Å². The van der Waals surface area contributed by atoms with Gasteiger partial charge in [-0.3, -0.25) is 4.79 Å². The molecule has 0 spiro atoms. The van der Waals surface area contributed by atoms with Gasteiger partial charge in [0, 0.05) is 5.57 Å². The lowest BCUT2D eigenvalue weighted by Crippen LogP contribution is -2.19. The number of hydrogen-bond acceptors (Lipinski definition) is 5. The Bertz CT molecular complexity index is 893. The van der Waals surface area contributed by atoms with Gasteiger partial charge in [-0.15, -0.1) is 0 Å². The number of methoxy groups -OCH3 is 1. The molecule has 0 unspecified atom stereocenters. The van der Waals surface area contributed by atoms with Crippen LogP contribution >= 0.6 is 0 Å². The lowest BCUT2D eigenvalue weighted by Gasteiger charge is -2.20. The number of ketones is 1. The van der Waals surface area contributed by atoms with Crippen LogP contribution in [-0.4, -0.2) is 26.1 Å². The Kier molecular flexibility index (Phi) is 4.71. The van der Waals surface area contributed by atoms with Crippen LogP contribution in [-0.2, 0) is 0 Å². The minimum absolute atomic E-state index is 0.0336. The smallest absolute Gasteiger partial charge is 0.196 e. The maximum atomic E-state index is 12.7. The van der Waals surface area contributed by atoms with Crippen molar-refractivity contribution in [3.8, 4) is 23.3 Å². The second kappa shape index (κ2) is 7.10. The summed E-state index contributed by atoms with van der Waals surface area (Å²) < 4.78 is 16.4. The number of nitrogens with zero attached hydrogens (tertiary/aromatic N) is 1. The molecule has 1 aliphatic rings. The van der Waals surface area contributed by atoms with Crippen molar-refractivity contribution in [3.05, 3.63) is 58.7 Å². The van der Waals surface area contributed by atoms with Crippen LogP contribution in [0.1, 0.15) is 21.5 Å². The van der Waals surface area contributed by atoms with Gasteiger partial charge in [0.15, 0.2) is 23.9 Å². The van der Waals surface area contributed by atoms with Gasteiger partial charge in [-0.05, 0) is 42.3 Å². The second-order valence-electron chi connectivity index (χ2n) is 5.60. The molecule has 5 heteroatoms. The third-order valence-electron chi connectivity index (χ3n) is 3.94. The molecule has 0 atom stereocenters. The number of Topliss-reactive ketones (excluding diaryl/α,β-unsaturated/α-hetero) is 1. The third-order valence-corrected chi connectivity index (χ3v) is 3.94. The Morgan fingerprint density at radius 1 is 1.28 bits per heavy atom. The van der Waals surface area contributed by atoms with Crippen LogP contribution in [0, 0.1) is 18.3 Å². The molecular weight excluding hydrogens is 318 g/mol. The summed E-state index contributed by atoms with van der Waals surface area (Å²) >= 11 is 0. The fraction of sp³-hybridized carbons (Fsp3) is 0.200. The molecule has 0 N–H and O–H groups in total. The molecule has 5 nitrogen and oxygen atoms in total. The molecule has 2 aromatic rings. The first-order valence-electron chi connectivity index (χ1n) is 7.79. The summed E-state index contributed by atoms with van der Waals surface area (Å²) in [6, 6.07) is 12.8. The summed E-state index contributed by atoms with van der Waals surface area (Å²) in [5.74, 6) is 1.61. The normalized spacial score (nSPS) is 14.4. The minimum Gasteiger partial charge on any atom is -0.493 e. The van der Waals surface area contributed by atoms with Crippen LogP contribution in [0.2, 0.25) is 0 Å². The van der Waals surface area contributed by atoms with Gasteiger partial charge < -0.3 is 14.2 Å². The summed E-state index contributed by atoms with van der Waals surface area (Å²) in [6.07, 6.45) is 1.78. The number of fused-ring (bicyclic) bond motifs is 1. The van der Waals surface area contributed by atoms with E-state index >= 15 is 0 Å². The van der Waals surface area contributed by atoms with Gasteiger partial charge in [0.1, 0.15) is 18.4 Å². The zero-order valence-corrected chi connectivity index (χ0v) is 14.0. The number of hydrogen-bond donors (Lipinski definition) is 0. The van der Waals surface area contributed by atoms with E-state index in [1.54, 1.807) is 30.3 Å². The number of aryl methyl sites for hydroxylation is 1. The van der Waals surface area contributed by atoms with Crippen molar-refractivity contribution in [1.29, 1.82) is 5.26 Å². The average molecular weight is 335 g/mol. The van der Waals surface area contributed by atoms with Crippen molar-refractivity contribution in [2.45, 2.75) is 6.92 Å². The highest BCUT2D eigenvalue weighted by Crippen LogP contribution is 2.32. The number of carbonyl (C=O) groups excluding carboxylic acids is 1. The molecule has 2 aromatic carbocycles. The van der Waals surface area contributed by atoms with E-state index < -0.39 is 0 Å². The van der Waals surface area contributed by atoms with Crippen molar-refractivity contribution < 1.29 is 19.0 Å². The monoisotopic (exact) mass is 335 g/mol. The maximum Gasteiger partial charge on any atom is 0.196 e. The SMILES string of the molecule is COc1cc(C=C2COc3c(C)cccc3C2=O)ccc1OCC#N. The molecule has 126 valence electrons. The van der Waals surface area contributed by atoms with E-state index in [2.05, 4.69) is 0 Å². The zero-order chi connectivity index (χ0) is 17.8. The molecule has 0 amide bonds. The van der Waals surface area contributed by atoms with Crippen LogP contribution < -0.4 is 14.2 Å². The van der Waals surface area contributed by atoms with Crippen molar-refractivity contribution in [2.75, 3.05) is 20.3 Å². The number of carbonyl (C=O) groups is 1. The highest BCUT2D eigenvalue weighted by molar-refractivity contribution is 6.14. The van der Waals surface area contributed by atoms with Gasteiger partial charge in [0.25, 0.3) is 0 Å². The van der Waals surface area contributed by atoms with E-state index in [1.165, 1.54) is 7.11 Å². The van der Waals surface area contributed by atoms with Crippen molar-refractivity contribution in [2.24, 2.45) is 0 Å². The second-order valence-corrected chi connectivity index (χ2v) is 5.60. The van der Waals surface area contributed by atoms with Crippen LogP contribution in [0.5, 0.6) is 17.2 Å². The molecule has 0 saturated carbocycles. The number of nitriles is 1. The predicted octanol–water partition coefficient (Wildman–Crippen LogP) is 3.56. The maximum absolute atomic E-state index is 12.7. The molecule has 25 heavy (non-hydrogen) atoms. The van der Waals surface area contributed by atoms with Crippen LogP contribution in [0.3, 0.4) is 0 Å². The Labute approximate surface area is 146 Å². The molecule has 1 aliphatic heterocycles. The van der Waals surface area contributed by atoms with E-state index in [0.29, 0.717) is 28.4 Å². The molecule has 0 bridgehead atoms. The van der Waals surface area contributed by atoms with Crippen LogP contribution in [0.25, 0.3) is 6.08 Å². The predicted molar refractivity (Wildman–Crippen MR) is 93.1 cm³/mol. The fourth-order valence-corrected chi connectivity index (χ4v) is 2.72. The summed E-state index contributed by atoms with van der Waals surface area (Å²) in [5, 5.41) is 8.61. The Morgan fingerprint density at radius 3 is 2.88 bits per heavy atom. The fourth-order valence-electron chi connectivity index (χ4n) is 2.72. The highest BCUT2D eigenvalue weighted by atomic mass is 16.5. The first-order valence-corrected chi connectivity index (χ1v) is 7.79. The first-order chi connectivity index (χ1) is 12.1. The molecule has 0 radical (unpaired) electrons. The van der Waals surface area contributed by atoms with Crippen molar-refractivity contribution >= 4 is 11.9 Å². The van der Waals surface area contributed by atoms with E-state index in [-0.39, 0.29) is 19.0 Å². The molecule has 0 saturated heterocycles.